The Morgan fingerprint density at radius 3 is 2.36 bits per heavy atom. The number of halogens is 3. The molecule has 0 bridgehead atoms. The molecule has 1 aliphatic rings. The number of carbonyl (C=O) groups excluding carboxylic acids is 2. The normalized spacial score (nSPS) is 13.2. The van der Waals surface area contributed by atoms with E-state index in [1.165, 1.54) is 41.6 Å². The van der Waals surface area contributed by atoms with Gasteiger partial charge in [0.1, 0.15) is 11.4 Å². The van der Waals surface area contributed by atoms with Gasteiger partial charge in [0.05, 0.1) is 28.2 Å². The van der Waals surface area contributed by atoms with Crippen LogP contribution in [-0.2, 0) is 16.2 Å². The maximum Gasteiger partial charge on any atom is 0.416 e. The third-order valence-electron chi connectivity index (χ3n) is 8.77. The number of carbonyl (C=O) groups is 2. The average molecular weight is 837 g/mol. The summed E-state index contributed by atoms with van der Waals surface area (Å²) in [6, 6.07) is 20.2. The van der Waals surface area contributed by atoms with Crippen molar-refractivity contribution in [3.05, 3.63) is 124 Å². The SMILES string of the molecule is CCOc1cncc(-c2cc(C(=O)N3CCN(c4ccc(C(=O)NS(=O)(=O)c5ccc(NCCSc6ccccc6)c([N+](=O)[O-])c5)nn4)CC3)cc(C(F)(F)F)c2)c1. The fourth-order valence-electron chi connectivity index (χ4n) is 5.92. The van der Waals surface area contributed by atoms with Crippen LogP contribution in [0.4, 0.5) is 30.4 Å². The molecule has 1 saturated heterocycles. The number of sulfonamides is 1. The van der Waals surface area contributed by atoms with Gasteiger partial charge in [-0.05, 0) is 73.2 Å². The van der Waals surface area contributed by atoms with Crippen molar-refractivity contribution < 1.29 is 40.8 Å². The standard InChI is InChI=1S/C38H35F3N8O7S2/c1-2-56-29-21-27(23-42-24-29)25-18-26(20-28(19-25)38(39,40)41)37(51)48-15-13-47(14-16-48)35-11-10-33(44-45-35)36(50)46-58(54,55)31-8-9-32(34(22-31)49(52)53)43-12-17-57-30-6-4-3-5-7-30/h3-11,18-24,43H,2,12-17H2,1H3,(H,46,50). The van der Waals surface area contributed by atoms with Crippen LogP contribution in [0.2, 0.25) is 0 Å². The van der Waals surface area contributed by atoms with Gasteiger partial charge in [0.25, 0.3) is 27.5 Å². The molecule has 1 aliphatic heterocycles. The van der Waals surface area contributed by atoms with Gasteiger partial charge in [0, 0.05) is 66.8 Å². The van der Waals surface area contributed by atoms with E-state index >= 15 is 0 Å². The lowest BCUT2D eigenvalue weighted by atomic mass is 9.99. The molecular weight excluding hydrogens is 802 g/mol. The highest BCUT2D eigenvalue weighted by molar-refractivity contribution is 7.99. The molecule has 0 radical (unpaired) electrons. The predicted molar refractivity (Wildman–Crippen MR) is 209 cm³/mol. The highest BCUT2D eigenvalue weighted by Gasteiger charge is 2.33. The minimum atomic E-state index is -4.72. The summed E-state index contributed by atoms with van der Waals surface area (Å²) in [5.74, 6) is -0.471. The number of nitrogens with zero attached hydrogens (tertiary/aromatic N) is 6. The minimum Gasteiger partial charge on any atom is -0.492 e. The van der Waals surface area contributed by atoms with E-state index in [1.54, 1.807) is 29.7 Å². The van der Waals surface area contributed by atoms with Crippen LogP contribution in [-0.4, -0.2) is 90.3 Å². The molecule has 15 nitrogen and oxygen atoms in total. The van der Waals surface area contributed by atoms with E-state index in [2.05, 4.69) is 20.5 Å². The van der Waals surface area contributed by atoms with Gasteiger partial charge in [-0.15, -0.1) is 22.0 Å². The Balaban J connectivity index is 1.06. The average Bonchev–Trinajstić information content (AvgIpc) is 3.22. The molecule has 0 aliphatic carbocycles. The minimum absolute atomic E-state index is 0.109. The highest BCUT2D eigenvalue weighted by atomic mass is 32.2. The van der Waals surface area contributed by atoms with Crippen LogP contribution in [0.15, 0.2) is 107 Å². The number of aromatic nitrogens is 3. The predicted octanol–water partition coefficient (Wildman–Crippen LogP) is 6.15. The Morgan fingerprint density at radius 1 is 0.931 bits per heavy atom. The van der Waals surface area contributed by atoms with Crippen LogP contribution in [0, 0.1) is 10.1 Å². The first-order valence-electron chi connectivity index (χ1n) is 17.7. The number of anilines is 2. The van der Waals surface area contributed by atoms with Crippen LogP contribution in [0.3, 0.4) is 0 Å². The molecule has 3 aromatic carbocycles. The molecule has 6 rings (SSSR count). The van der Waals surface area contributed by atoms with Crippen LogP contribution in [0.25, 0.3) is 11.1 Å². The Hall–Kier alpha value is -6.28. The number of nitro benzene ring substituents is 1. The fourth-order valence-corrected chi connectivity index (χ4v) is 7.69. The summed E-state index contributed by atoms with van der Waals surface area (Å²) in [7, 11) is -4.57. The lowest BCUT2D eigenvalue weighted by Crippen LogP contribution is -2.49. The van der Waals surface area contributed by atoms with Gasteiger partial charge in [0.15, 0.2) is 11.5 Å². The number of alkyl halides is 3. The molecule has 0 saturated carbocycles. The van der Waals surface area contributed by atoms with Gasteiger partial charge < -0.3 is 19.9 Å². The number of benzene rings is 3. The van der Waals surface area contributed by atoms with Crippen molar-refractivity contribution in [1.29, 1.82) is 0 Å². The monoisotopic (exact) mass is 836 g/mol. The molecule has 0 spiro atoms. The zero-order valence-corrected chi connectivity index (χ0v) is 32.3. The first kappa shape index (κ1) is 41.4. The number of pyridine rings is 1. The molecule has 1 fully saturated rings. The Labute approximate surface area is 334 Å². The molecule has 3 heterocycles. The lowest BCUT2D eigenvalue weighted by Gasteiger charge is -2.35. The van der Waals surface area contributed by atoms with Crippen molar-refractivity contribution in [2.24, 2.45) is 0 Å². The summed E-state index contributed by atoms with van der Waals surface area (Å²) in [5, 5.41) is 22.6. The number of nitrogens with one attached hydrogen (secondary N) is 2. The maximum atomic E-state index is 13.9. The fraction of sp³-hybridized carbons (Fsp3) is 0.237. The van der Waals surface area contributed by atoms with E-state index in [-0.39, 0.29) is 48.7 Å². The van der Waals surface area contributed by atoms with Gasteiger partial charge in [-0.25, -0.2) is 13.1 Å². The summed E-state index contributed by atoms with van der Waals surface area (Å²) in [5.41, 5.74) is -1.38. The number of nitro groups is 1. The summed E-state index contributed by atoms with van der Waals surface area (Å²) in [6.45, 7) is 3.15. The maximum absolute atomic E-state index is 13.9. The number of rotatable bonds is 14. The molecule has 58 heavy (non-hydrogen) atoms. The van der Waals surface area contributed by atoms with Crippen molar-refractivity contribution in [2.45, 2.75) is 22.9 Å². The highest BCUT2D eigenvalue weighted by Crippen LogP contribution is 2.35. The van der Waals surface area contributed by atoms with Crippen LogP contribution < -0.4 is 19.7 Å². The van der Waals surface area contributed by atoms with E-state index in [9.17, 15) is 41.3 Å². The van der Waals surface area contributed by atoms with E-state index in [0.717, 1.165) is 29.2 Å². The molecule has 302 valence electrons. The molecule has 0 atom stereocenters. The van der Waals surface area contributed by atoms with Crippen molar-refractivity contribution in [1.82, 2.24) is 24.8 Å². The first-order chi connectivity index (χ1) is 27.7. The summed E-state index contributed by atoms with van der Waals surface area (Å²) < 4.78 is 75.2. The molecule has 0 unspecified atom stereocenters. The zero-order chi connectivity index (χ0) is 41.5. The topological polar surface area (TPSA) is 190 Å². The van der Waals surface area contributed by atoms with Gasteiger partial charge in [0.2, 0.25) is 0 Å². The van der Waals surface area contributed by atoms with Crippen molar-refractivity contribution >= 4 is 50.8 Å². The van der Waals surface area contributed by atoms with Crippen molar-refractivity contribution in [3.8, 4) is 16.9 Å². The quantitative estimate of drug-likeness (QED) is 0.0561. The molecule has 5 aromatic rings. The number of hydrogen-bond donors (Lipinski definition) is 2. The molecular formula is C38H35F3N8O7S2. The Morgan fingerprint density at radius 2 is 1.69 bits per heavy atom. The van der Waals surface area contributed by atoms with Gasteiger partial charge in [-0.3, -0.25) is 24.7 Å². The number of ether oxygens (including phenoxy) is 1. The first-order valence-corrected chi connectivity index (χ1v) is 20.1. The number of amides is 2. The van der Waals surface area contributed by atoms with Gasteiger partial charge in [-0.1, -0.05) is 18.2 Å². The number of hydrogen-bond acceptors (Lipinski definition) is 13. The van der Waals surface area contributed by atoms with Crippen LogP contribution >= 0.6 is 11.8 Å². The third-order valence-corrected chi connectivity index (χ3v) is 11.1. The zero-order valence-electron chi connectivity index (χ0n) is 30.7. The van der Waals surface area contributed by atoms with E-state index in [4.69, 9.17) is 4.74 Å². The largest absolute Gasteiger partial charge is 0.492 e. The second kappa shape index (κ2) is 17.9. The van der Waals surface area contributed by atoms with E-state index in [0.29, 0.717) is 36.0 Å². The molecule has 2 N–H and O–H groups in total. The van der Waals surface area contributed by atoms with Crippen molar-refractivity contribution in [2.75, 3.05) is 55.3 Å². The van der Waals surface area contributed by atoms with Gasteiger partial charge in [-0.2, -0.15) is 13.2 Å². The van der Waals surface area contributed by atoms with Crippen molar-refractivity contribution in [3.63, 3.8) is 0 Å². The number of thioether (sulfide) groups is 1. The smallest absolute Gasteiger partial charge is 0.416 e. The van der Waals surface area contributed by atoms with E-state index < -0.39 is 49.1 Å². The lowest BCUT2D eigenvalue weighted by molar-refractivity contribution is -0.384. The van der Waals surface area contributed by atoms with Crippen LogP contribution in [0.1, 0.15) is 33.3 Å². The summed E-state index contributed by atoms with van der Waals surface area (Å²) >= 11 is 1.54. The number of piperazine rings is 1. The molecule has 20 heteroatoms. The van der Waals surface area contributed by atoms with Gasteiger partial charge >= 0.3 is 6.18 Å². The summed E-state index contributed by atoms with van der Waals surface area (Å²) in [4.78, 5) is 45.2. The Bertz CT molecular complexity index is 2400. The molecule has 2 amide bonds. The third kappa shape index (κ3) is 10.2. The Kier molecular flexibility index (Phi) is 12.8. The molecule has 2 aromatic heterocycles. The van der Waals surface area contributed by atoms with Crippen LogP contribution in [0.5, 0.6) is 5.75 Å². The van der Waals surface area contributed by atoms with E-state index in [1.807, 2.05) is 35.1 Å². The second-order valence-electron chi connectivity index (χ2n) is 12.7. The second-order valence-corrected chi connectivity index (χ2v) is 15.5. The summed E-state index contributed by atoms with van der Waals surface area (Å²) in [6.07, 6.45) is -1.89.